The zero-order valence-electron chi connectivity index (χ0n) is 17.3. The highest BCUT2D eigenvalue weighted by Crippen LogP contribution is 2.37. The van der Waals surface area contributed by atoms with Gasteiger partial charge in [-0.2, -0.15) is 5.10 Å². The predicted octanol–water partition coefficient (Wildman–Crippen LogP) is 4.49. The van der Waals surface area contributed by atoms with Gasteiger partial charge in [-0.05, 0) is 70.2 Å². The number of benzene rings is 1. The number of hydrogen-bond donors (Lipinski definition) is 4. The molecule has 2 aromatic rings. The van der Waals surface area contributed by atoms with E-state index in [1.807, 2.05) is 32.0 Å². The summed E-state index contributed by atoms with van der Waals surface area (Å²) in [7, 11) is -2.67. The molecule has 0 radical (unpaired) electrons. The molecule has 162 valence electrons. The highest BCUT2D eigenvalue weighted by molar-refractivity contribution is 7.93. The lowest BCUT2D eigenvalue weighted by Gasteiger charge is -2.14. The van der Waals surface area contributed by atoms with Crippen LogP contribution in [0.1, 0.15) is 57.6 Å². The molecule has 8 nitrogen and oxygen atoms in total. The van der Waals surface area contributed by atoms with Crippen LogP contribution in [0.4, 0.5) is 16.3 Å². The van der Waals surface area contributed by atoms with Gasteiger partial charge < -0.3 is 15.4 Å². The molecule has 2 fully saturated rings. The molecule has 1 amide bonds. The minimum Gasteiger partial charge on any atom is -0.446 e. The van der Waals surface area contributed by atoms with Crippen LogP contribution in [0, 0.1) is 4.78 Å². The van der Waals surface area contributed by atoms with E-state index in [1.54, 1.807) is 12.1 Å². The number of aromatic amines is 1. The smallest absolute Gasteiger partial charge is 0.407 e. The van der Waals surface area contributed by atoms with Crippen molar-refractivity contribution in [1.29, 1.82) is 4.78 Å². The van der Waals surface area contributed by atoms with Gasteiger partial charge in [0.15, 0.2) is 5.82 Å². The van der Waals surface area contributed by atoms with Crippen molar-refractivity contribution in [2.75, 3.05) is 5.32 Å². The topological polar surface area (TPSA) is 120 Å². The molecule has 1 aromatic heterocycles. The maximum absolute atomic E-state index is 12.5. The molecule has 0 spiro atoms. The number of alkyl carbamates (subject to hydrolysis) is 1. The number of nitrogens with one attached hydrogen (secondary N) is 4. The minimum absolute atomic E-state index is 0.0147. The average molecular weight is 432 g/mol. The van der Waals surface area contributed by atoms with Gasteiger partial charge in [-0.15, -0.1) is 0 Å². The lowest BCUT2D eigenvalue weighted by Crippen LogP contribution is -2.33. The molecule has 1 heterocycles. The number of hydrogen-bond acceptors (Lipinski definition) is 6. The van der Waals surface area contributed by atoms with Crippen LogP contribution in [0.2, 0.25) is 0 Å². The molecule has 2 aliphatic rings. The van der Waals surface area contributed by atoms with E-state index in [0.29, 0.717) is 10.7 Å². The zero-order chi connectivity index (χ0) is 21.3. The van der Waals surface area contributed by atoms with E-state index >= 15 is 0 Å². The first kappa shape index (κ1) is 20.7. The number of rotatable bonds is 7. The van der Waals surface area contributed by atoms with Crippen LogP contribution in [0.15, 0.2) is 35.2 Å². The largest absolute Gasteiger partial charge is 0.446 e. The second-order valence-corrected chi connectivity index (χ2v) is 10.8. The Hall–Kier alpha value is -2.55. The van der Waals surface area contributed by atoms with Crippen LogP contribution in [0.5, 0.6) is 0 Å². The lowest BCUT2D eigenvalue weighted by molar-refractivity contribution is 0.0981. The van der Waals surface area contributed by atoms with Crippen molar-refractivity contribution in [3.05, 3.63) is 36.0 Å². The molecule has 0 aliphatic heterocycles. The molecule has 3 atom stereocenters. The summed E-state index contributed by atoms with van der Waals surface area (Å²) in [5.41, 5.74) is 1.85. The Labute approximate surface area is 177 Å². The van der Waals surface area contributed by atoms with Crippen LogP contribution >= 0.6 is 0 Å². The summed E-state index contributed by atoms with van der Waals surface area (Å²) >= 11 is 0. The Morgan fingerprint density at radius 3 is 2.63 bits per heavy atom. The number of aromatic nitrogens is 2. The van der Waals surface area contributed by atoms with Crippen molar-refractivity contribution in [1.82, 2.24) is 15.5 Å². The predicted molar refractivity (Wildman–Crippen MR) is 116 cm³/mol. The maximum Gasteiger partial charge on any atom is 0.407 e. The molecular formula is C21H29N5O3S. The summed E-state index contributed by atoms with van der Waals surface area (Å²) in [6.45, 7) is 3.81. The van der Waals surface area contributed by atoms with Crippen molar-refractivity contribution in [2.45, 2.75) is 74.2 Å². The normalized spacial score (nSPS) is 23.2. The molecule has 1 unspecified atom stereocenters. The Bertz CT molecular complexity index is 996. The van der Waals surface area contributed by atoms with Gasteiger partial charge in [-0.25, -0.2) is 13.8 Å². The van der Waals surface area contributed by atoms with E-state index in [1.165, 1.54) is 0 Å². The molecule has 9 heteroatoms. The monoisotopic (exact) mass is 431 g/mol. The number of ether oxygens (including phenoxy) is 1. The van der Waals surface area contributed by atoms with Gasteiger partial charge in [-0.1, -0.05) is 0 Å². The fourth-order valence-electron chi connectivity index (χ4n) is 3.84. The van der Waals surface area contributed by atoms with Crippen molar-refractivity contribution >= 4 is 27.3 Å². The van der Waals surface area contributed by atoms with Gasteiger partial charge >= 0.3 is 6.09 Å². The van der Waals surface area contributed by atoms with E-state index in [2.05, 4.69) is 20.8 Å². The Balaban J connectivity index is 1.33. The average Bonchev–Trinajstić information content (AvgIpc) is 3.30. The van der Waals surface area contributed by atoms with E-state index in [9.17, 15) is 9.00 Å². The molecule has 30 heavy (non-hydrogen) atoms. The van der Waals surface area contributed by atoms with Crippen LogP contribution in [-0.2, 0) is 14.5 Å². The van der Waals surface area contributed by atoms with Crippen molar-refractivity contribution < 1.29 is 13.7 Å². The Kier molecular flexibility index (Phi) is 5.73. The number of nitrogens with zero attached hydrogens (tertiary/aromatic N) is 1. The van der Waals surface area contributed by atoms with Crippen LogP contribution < -0.4 is 10.6 Å². The number of amides is 1. The van der Waals surface area contributed by atoms with Crippen molar-refractivity contribution in [3.8, 4) is 0 Å². The van der Waals surface area contributed by atoms with Crippen LogP contribution in [-0.4, -0.2) is 37.9 Å². The van der Waals surface area contributed by atoms with Gasteiger partial charge in [0, 0.05) is 39.6 Å². The molecular weight excluding hydrogens is 402 g/mol. The third-order valence-corrected chi connectivity index (χ3v) is 7.96. The molecule has 2 saturated carbocycles. The number of carbonyl (C=O) groups is 1. The second-order valence-electron chi connectivity index (χ2n) is 8.49. The number of H-pyrrole nitrogens is 1. The van der Waals surface area contributed by atoms with Crippen LogP contribution in [0.25, 0.3) is 0 Å². The van der Waals surface area contributed by atoms with E-state index in [0.717, 1.165) is 43.5 Å². The standard InChI is InChI=1S/C21H29N5O3S/c1-13(2)23-21(27)29-16-6-3-14(11-16)19-12-20(26-25-19)24-15-4-7-17(8-5-15)30(22,28)18-9-10-18/h4-5,7-8,12-14,16,18,22H,3,6,9-11H2,1-2H3,(H,23,27)(H2,24,25,26)/t14-,16+,30?/m0/s1. The van der Waals surface area contributed by atoms with Crippen molar-refractivity contribution in [2.24, 2.45) is 0 Å². The van der Waals surface area contributed by atoms with E-state index < -0.39 is 9.73 Å². The first-order chi connectivity index (χ1) is 14.3. The fraction of sp³-hybridized carbons (Fsp3) is 0.524. The summed E-state index contributed by atoms with van der Waals surface area (Å²) in [6, 6.07) is 9.26. The third kappa shape index (κ3) is 4.77. The summed E-state index contributed by atoms with van der Waals surface area (Å²) < 4.78 is 26.1. The van der Waals surface area contributed by atoms with E-state index in [-0.39, 0.29) is 29.4 Å². The Morgan fingerprint density at radius 2 is 1.97 bits per heavy atom. The maximum atomic E-state index is 12.5. The first-order valence-electron chi connectivity index (χ1n) is 10.5. The minimum atomic E-state index is -2.67. The summed E-state index contributed by atoms with van der Waals surface area (Å²) in [5, 5.41) is 13.4. The number of carbonyl (C=O) groups excluding carboxylic acids is 1. The SMILES string of the molecule is CC(C)NC(=O)O[C@@H]1CC[C@H](c2cc(Nc3ccc(S(=N)(=O)C4CC4)cc3)n[nH]2)C1. The van der Waals surface area contributed by atoms with Crippen molar-refractivity contribution in [3.63, 3.8) is 0 Å². The molecule has 0 saturated heterocycles. The Morgan fingerprint density at radius 1 is 1.23 bits per heavy atom. The molecule has 4 rings (SSSR count). The summed E-state index contributed by atoms with van der Waals surface area (Å²) in [4.78, 5) is 12.4. The highest BCUT2D eigenvalue weighted by Gasteiger charge is 2.33. The van der Waals surface area contributed by atoms with E-state index in [4.69, 9.17) is 9.52 Å². The van der Waals surface area contributed by atoms with Crippen LogP contribution in [0.3, 0.4) is 0 Å². The molecule has 1 aromatic carbocycles. The fourth-order valence-corrected chi connectivity index (χ4v) is 5.57. The third-order valence-electron chi connectivity index (χ3n) is 5.57. The summed E-state index contributed by atoms with van der Waals surface area (Å²) in [6.07, 6.45) is 3.89. The summed E-state index contributed by atoms with van der Waals surface area (Å²) in [5.74, 6) is 0.979. The second kappa shape index (κ2) is 8.29. The lowest BCUT2D eigenvalue weighted by atomic mass is 10.0. The van der Waals surface area contributed by atoms with Gasteiger partial charge in [0.1, 0.15) is 6.10 Å². The van der Waals surface area contributed by atoms with Gasteiger partial charge in [0.2, 0.25) is 0 Å². The quantitative estimate of drug-likeness (QED) is 0.515. The molecule has 4 N–H and O–H groups in total. The highest BCUT2D eigenvalue weighted by atomic mass is 32.2. The molecule has 0 bridgehead atoms. The number of anilines is 2. The van der Waals surface area contributed by atoms with Gasteiger partial charge in [0.25, 0.3) is 0 Å². The van der Waals surface area contributed by atoms with Gasteiger partial charge in [-0.3, -0.25) is 5.10 Å². The first-order valence-corrected chi connectivity index (χ1v) is 12.1. The van der Waals surface area contributed by atoms with Gasteiger partial charge in [0.05, 0.1) is 9.73 Å². The zero-order valence-corrected chi connectivity index (χ0v) is 18.1. The molecule has 2 aliphatic carbocycles.